The van der Waals surface area contributed by atoms with Crippen LogP contribution in [0.2, 0.25) is 5.02 Å². The van der Waals surface area contributed by atoms with Gasteiger partial charge in [-0.05, 0) is 61.9 Å². The van der Waals surface area contributed by atoms with Crippen LogP contribution in [0.3, 0.4) is 0 Å². The maximum atomic E-state index is 12.3. The van der Waals surface area contributed by atoms with Crippen LogP contribution in [0, 0.1) is 6.92 Å². The summed E-state index contributed by atoms with van der Waals surface area (Å²) in [4.78, 5) is 21.1. The number of methoxy groups -OCH3 is 1. The summed E-state index contributed by atoms with van der Waals surface area (Å²) in [5.74, 6) is 0.688. The molecule has 0 N–H and O–H groups in total. The second-order valence-electron chi connectivity index (χ2n) is 8.11. The predicted molar refractivity (Wildman–Crippen MR) is 117 cm³/mol. The van der Waals surface area contributed by atoms with Crippen molar-refractivity contribution in [2.45, 2.75) is 51.6 Å². The molecule has 4 rings (SSSR count). The molecule has 162 valence electrons. The quantitative estimate of drug-likeness (QED) is 0.485. The van der Waals surface area contributed by atoms with Crippen molar-refractivity contribution < 1.29 is 18.7 Å². The maximum Gasteiger partial charge on any atom is 0.306 e. The number of ether oxygens (including phenoxy) is 2. The van der Waals surface area contributed by atoms with Gasteiger partial charge in [-0.15, -0.1) is 0 Å². The normalized spacial score (nSPS) is 17.6. The Hall–Kier alpha value is -2.86. The highest BCUT2D eigenvalue weighted by atomic mass is 35.5. The summed E-state index contributed by atoms with van der Waals surface area (Å²) in [5, 5.41) is 0.478. The standard InChI is InChI=1S/C24H25ClN2O4/c1-14(2)31-22-20(25)11-16(13-27-22)17-5-6-19-18(15(17)3)7-8-24(19,12-21(28)29-4)23-26-9-10-30-23/h5-6,9-11,13-14H,7-8,12H2,1-4H3. The number of aromatic nitrogens is 2. The van der Waals surface area contributed by atoms with Gasteiger partial charge < -0.3 is 13.9 Å². The van der Waals surface area contributed by atoms with E-state index in [0.29, 0.717) is 16.8 Å². The molecule has 0 spiro atoms. The van der Waals surface area contributed by atoms with Gasteiger partial charge >= 0.3 is 5.97 Å². The summed E-state index contributed by atoms with van der Waals surface area (Å²) in [6.45, 7) is 5.96. The highest BCUT2D eigenvalue weighted by molar-refractivity contribution is 6.32. The van der Waals surface area contributed by atoms with Gasteiger partial charge in [0.15, 0.2) is 0 Å². The number of carbonyl (C=O) groups is 1. The molecule has 2 aromatic heterocycles. The molecule has 0 radical (unpaired) electrons. The van der Waals surface area contributed by atoms with Crippen LogP contribution in [0.25, 0.3) is 11.1 Å². The SMILES string of the molecule is COC(=O)CC1(c2ncco2)CCc2c1ccc(-c1cnc(OC(C)C)c(Cl)c1)c2C. The van der Waals surface area contributed by atoms with Crippen LogP contribution < -0.4 is 4.74 Å². The van der Waals surface area contributed by atoms with Gasteiger partial charge in [0.2, 0.25) is 11.8 Å². The Morgan fingerprint density at radius 1 is 1.32 bits per heavy atom. The molecule has 1 atom stereocenters. The molecule has 31 heavy (non-hydrogen) atoms. The number of nitrogens with zero attached hydrogens (tertiary/aromatic N) is 2. The number of hydrogen-bond donors (Lipinski definition) is 0. The fourth-order valence-electron chi connectivity index (χ4n) is 4.46. The van der Waals surface area contributed by atoms with Crippen LogP contribution in [0.1, 0.15) is 49.3 Å². The Labute approximate surface area is 186 Å². The summed E-state index contributed by atoms with van der Waals surface area (Å²) >= 11 is 6.42. The molecule has 1 aliphatic rings. The van der Waals surface area contributed by atoms with Gasteiger partial charge in [-0.2, -0.15) is 0 Å². The Bertz CT molecular complexity index is 1110. The zero-order valence-corrected chi connectivity index (χ0v) is 18.8. The van der Waals surface area contributed by atoms with Crippen molar-refractivity contribution in [3.05, 3.63) is 64.5 Å². The molecule has 0 saturated heterocycles. The number of hydrogen-bond acceptors (Lipinski definition) is 6. The molecule has 0 saturated carbocycles. The van der Waals surface area contributed by atoms with E-state index in [1.54, 1.807) is 18.7 Å². The molecule has 0 fully saturated rings. The van der Waals surface area contributed by atoms with E-state index in [2.05, 4.69) is 23.0 Å². The molecular weight excluding hydrogens is 416 g/mol. The van der Waals surface area contributed by atoms with E-state index in [-0.39, 0.29) is 18.5 Å². The number of halogens is 1. The highest BCUT2D eigenvalue weighted by Gasteiger charge is 2.46. The Balaban J connectivity index is 1.77. The zero-order valence-electron chi connectivity index (χ0n) is 18.1. The fourth-order valence-corrected chi connectivity index (χ4v) is 4.67. The molecular formula is C24H25ClN2O4. The Kier molecular flexibility index (Phi) is 5.75. The molecule has 1 unspecified atom stereocenters. The Morgan fingerprint density at radius 3 is 2.77 bits per heavy atom. The number of esters is 1. The molecule has 0 aliphatic heterocycles. The van der Waals surface area contributed by atoms with Gasteiger partial charge in [0.05, 0.1) is 31.2 Å². The molecule has 6 nitrogen and oxygen atoms in total. The van der Waals surface area contributed by atoms with E-state index in [0.717, 1.165) is 35.1 Å². The minimum absolute atomic E-state index is 0.00396. The van der Waals surface area contributed by atoms with Gasteiger partial charge in [0, 0.05) is 11.8 Å². The first-order chi connectivity index (χ1) is 14.9. The second-order valence-corrected chi connectivity index (χ2v) is 8.52. The van der Waals surface area contributed by atoms with Gasteiger partial charge in [-0.25, -0.2) is 9.97 Å². The van der Waals surface area contributed by atoms with Gasteiger partial charge in [0.25, 0.3) is 0 Å². The van der Waals surface area contributed by atoms with Crippen LogP contribution in [-0.2, 0) is 21.4 Å². The van der Waals surface area contributed by atoms with Crippen molar-refractivity contribution >= 4 is 17.6 Å². The lowest BCUT2D eigenvalue weighted by Gasteiger charge is -2.26. The minimum atomic E-state index is -0.625. The number of rotatable bonds is 6. The molecule has 1 aliphatic carbocycles. The molecule has 1 aromatic carbocycles. The van der Waals surface area contributed by atoms with Crippen molar-refractivity contribution in [2.24, 2.45) is 0 Å². The number of benzene rings is 1. The van der Waals surface area contributed by atoms with Crippen LogP contribution in [0.15, 0.2) is 41.3 Å². The van der Waals surface area contributed by atoms with E-state index in [1.165, 1.54) is 12.7 Å². The van der Waals surface area contributed by atoms with E-state index < -0.39 is 5.41 Å². The van der Waals surface area contributed by atoms with Crippen LogP contribution in [-0.4, -0.2) is 29.2 Å². The lowest BCUT2D eigenvalue weighted by Crippen LogP contribution is -2.29. The lowest BCUT2D eigenvalue weighted by molar-refractivity contribution is -0.142. The second kappa shape index (κ2) is 8.35. The number of carbonyl (C=O) groups excluding carboxylic acids is 1. The number of pyridine rings is 1. The maximum absolute atomic E-state index is 12.3. The summed E-state index contributed by atoms with van der Waals surface area (Å²) in [7, 11) is 1.40. The van der Waals surface area contributed by atoms with E-state index in [9.17, 15) is 4.79 Å². The third-order valence-electron chi connectivity index (χ3n) is 5.90. The smallest absolute Gasteiger partial charge is 0.306 e. The van der Waals surface area contributed by atoms with Crippen molar-refractivity contribution in [1.29, 1.82) is 0 Å². The molecule has 2 heterocycles. The average Bonchev–Trinajstić information content (AvgIpc) is 3.39. The van der Waals surface area contributed by atoms with Crippen LogP contribution in [0.5, 0.6) is 5.88 Å². The monoisotopic (exact) mass is 440 g/mol. The zero-order chi connectivity index (χ0) is 22.2. The molecule has 3 aromatic rings. The van der Waals surface area contributed by atoms with Gasteiger partial charge in [0.1, 0.15) is 11.3 Å². The third-order valence-corrected chi connectivity index (χ3v) is 6.17. The molecule has 0 bridgehead atoms. The summed E-state index contributed by atoms with van der Waals surface area (Å²) < 4.78 is 16.3. The average molecular weight is 441 g/mol. The van der Waals surface area contributed by atoms with Gasteiger partial charge in [-0.1, -0.05) is 23.7 Å². The number of oxazole rings is 1. The predicted octanol–water partition coefficient (Wildman–Crippen LogP) is 5.28. The topological polar surface area (TPSA) is 74.5 Å². The van der Waals surface area contributed by atoms with E-state index in [4.69, 9.17) is 25.5 Å². The van der Waals surface area contributed by atoms with E-state index >= 15 is 0 Å². The molecule has 7 heteroatoms. The van der Waals surface area contributed by atoms with Crippen LogP contribution >= 0.6 is 11.6 Å². The van der Waals surface area contributed by atoms with Crippen molar-refractivity contribution in [1.82, 2.24) is 9.97 Å². The number of fused-ring (bicyclic) bond motifs is 1. The van der Waals surface area contributed by atoms with E-state index in [1.807, 2.05) is 26.0 Å². The molecule has 0 amide bonds. The minimum Gasteiger partial charge on any atom is -0.474 e. The lowest BCUT2D eigenvalue weighted by atomic mass is 9.77. The van der Waals surface area contributed by atoms with Gasteiger partial charge in [-0.3, -0.25) is 4.79 Å². The summed E-state index contributed by atoms with van der Waals surface area (Å²) in [6.07, 6.45) is 6.65. The summed E-state index contributed by atoms with van der Waals surface area (Å²) in [5.41, 5.74) is 4.72. The first-order valence-corrected chi connectivity index (χ1v) is 10.7. The van der Waals surface area contributed by atoms with Crippen molar-refractivity contribution in [2.75, 3.05) is 7.11 Å². The fraction of sp³-hybridized carbons (Fsp3) is 0.375. The van der Waals surface area contributed by atoms with Crippen molar-refractivity contribution in [3.8, 4) is 17.0 Å². The van der Waals surface area contributed by atoms with Crippen molar-refractivity contribution in [3.63, 3.8) is 0 Å². The highest BCUT2D eigenvalue weighted by Crippen LogP contribution is 2.48. The first-order valence-electron chi connectivity index (χ1n) is 10.3. The third kappa shape index (κ3) is 3.81. The largest absolute Gasteiger partial charge is 0.474 e. The Morgan fingerprint density at radius 2 is 2.13 bits per heavy atom. The first kappa shape index (κ1) is 21.4. The summed E-state index contributed by atoms with van der Waals surface area (Å²) in [6, 6.07) is 5.99. The van der Waals surface area contributed by atoms with Crippen LogP contribution in [0.4, 0.5) is 0 Å².